The van der Waals surface area contributed by atoms with Crippen LogP contribution in [-0.4, -0.2) is 55.0 Å². The molecule has 1 atom stereocenters. The number of pyridine rings is 1. The summed E-state index contributed by atoms with van der Waals surface area (Å²) >= 11 is 0. The Hall–Kier alpha value is -3.46. The zero-order chi connectivity index (χ0) is 22.0. The van der Waals surface area contributed by atoms with Crippen LogP contribution in [0.3, 0.4) is 0 Å². The van der Waals surface area contributed by atoms with Crippen molar-refractivity contribution in [1.29, 1.82) is 0 Å². The molecule has 3 aromatic heterocycles. The Morgan fingerprint density at radius 3 is 2.55 bits per heavy atom. The van der Waals surface area contributed by atoms with Crippen molar-refractivity contribution < 1.29 is 9.53 Å². The van der Waals surface area contributed by atoms with Gasteiger partial charge in [-0.1, -0.05) is 0 Å². The number of carbonyl (C=O) groups excluding carboxylic acids is 1. The minimum atomic E-state index is -0.411. The number of ether oxygens (including phenoxy) is 1. The van der Waals surface area contributed by atoms with Crippen molar-refractivity contribution >= 4 is 5.91 Å². The highest BCUT2D eigenvalue weighted by Crippen LogP contribution is 2.26. The van der Waals surface area contributed by atoms with E-state index in [1.54, 1.807) is 37.2 Å². The molecule has 31 heavy (non-hydrogen) atoms. The molecule has 1 aliphatic rings. The molecule has 1 unspecified atom stereocenters. The summed E-state index contributed by atoms with van der Waals surface area (Å²) in [6.07, 6.45) is 4.63. The highest BCUT2D eigenvalue weighted by molar-refractivity contribution is 5.76. The lowest BCUT2D eigenvalue weighted by atomic mass is 10.1. The lowest BCUT2D eigenvalue weighted by Gasteiger charge is -2.33. The fourth-order valence-corrected chi connectivity index (χ4v) is 3.73. The third-order valence-corrected chi connectivity index (χ3v) is 5.26. The summed E-state index contributed by atoms with van der Waals surface area (Å²) in [7, 11) is 0. The number of aromatic nitrogens is 5. The van der Waals surface area contributed by atoms with E-state index in [0.29, 0.717) is 31.1 Å². The van der Waals surface area contributed by atoms with Gasteiger partial charge in [0.15, 0.2) is 0 Å². The van der Waals surface area contributed by atoms with Crippen LogP contribution >= 0.6 is 0 Å². The van der Waals surface area contributed by atoms with E-state index in [1.165, 1.54) is 10.9 Å². The lowest BCUT2D eigenvalue weighted by molar-refractivity contribution is -0.139. The second-order valence-electron chi connectivity index (χ2n) is 7.66. The molecule has 0 bridgehead atoms. The molecule has 0 aromatic carbocycles. The van der Waals surface area contributed by atoms with E-state index < -0.39 is 5.69 Å². The Bertz CT molecular complexity index is 1160. The maximum atomic E-state index is 12.9. The molecule has 0 N–H and O–H groups in total. The van der Waals surface area contributed by atoms with Gasteiger partial charge >= 0.3 is 5.69 Å². The SMILES string of the molecule is Cc1cc(-c2cncnc2)cc(C2CN(C(=O)Cn3c(C)cc(C)nc3=O)CCO2)n1. The number of aryl methyl sites for hydroxylation is 3. The van der Waals surface area contributed by atoms with Crippen LogP contribution in [0.5, 0.6) is 0 Å². The molecule has 1 saturated heterocycles. The molecule has 3 aromatic rings. The van der Waals surface area contributed by atoms with Crippen LogP contribution in [-0.2, 0) is 16.1 Å². The average Bonchev–Trinajstić information content (AvgIpc) is 2.76. The highest BCUT2D eigenvalue weighted by Gasteiger charge is 2.27. The molecule has 0 saturated carbocycles. The average molecular weight is 420 g/mol. The highest BCUT2D eigenvalue weighted by atomic mass is 16.5. The number of hydrogen-bond acceptors (Lipinski definition) is 7. The van der Waals surface area contributed by atoms with E-state index >= 15 is 0 Å². The smallest absolute Gasteiger partial charge is 0.348 e. The normalized spacial score (nSPS) is 16.4. The van der Waals surface area contributed by atoms with E-state index in [1.807, 2.05) is 19.1 Å². The van der Waals surface area contributed by atoms with Crippen molar-refractivity contribution in [3.05, 3.63) is 70.2 Å². The van der Waals surface area contributed by atoms with Gasteiger partial charge in [0.2, 0.25) is 5.91 Å². The van der Waals surface area contributed by atoms with Crippen LogP contribution in [0, 0.1) is 20.8 Å². The maximum absolute atomic E-state index is 12.9. The van der Waals surface area contributed by atoms with Crippen LogP contribution < -0.4 is 5.69 Å². The number of rotatable bonds is 4. The molecule has 1 aliphatic heterocycles. The van der Waals surface area contributed by atoms with Crippen molar-refractivity contribution in [3.8, 4) is 11.1 Å². The van der Waals surface area contributed by atoms with Crippen molar-refractivity contribution in [3.63, 3.8) is 0 Å². The molecule has 9 nitrogen and oxygen atoms in total. The van der Waals surface area contributed by atoms with Gasteiger partial charge in [-0.25, -0.2) is 14.8 Å². The lowest BCUT2D eigenvalue weighted by Crippen LogP contribution is -2.45. The minimum absolute atomic E-state index is 0.0431. The number of morpholine rings is 1. The van der Waals surface area contributed by atoms with Gasteiger partial charge in [-0.15, -0.1) is 0 Å². The molecule has 160 valence electrons. The van der Waals surface area contributed by atoms with Gasteiger partial charge in [0.05, 0.1) is 18.8 Å². The summed E-state index contributed by atoms with van der Waals surface area (Å²) in [6.45, 7) is 6.67. The van der Waals surface area contributed by atoms with Crippen LogP contribution in [0.2, 0.25) is 0 Å². The summed E-state index contributed by atoms with van der Waals surface area (Å²) in [5.41, 5.74) is 4.38. The summed E-state index contributed by atoms with van der Waals surface area (Å²) in [5, 5.41) is 0. The molecule has 4 heterocycles. The second-order valence-corrected chi connectivity index (χ2v) is 7.66. The number of amides is 1. The molecule has 4 rings (SSSR count). The summed E-state index contributed by atoms with van der Waals surface area (Å²) in [5.74, 6) is -0.145. The van der Waals surface area contributed by atoms with Crippen molar-refractivity contribution in [2.45, 2.75) is 33.4 Å². The Morgan fingerprint density at radius 2 is 1.81 bits per heavy atom. The van der Waals surface area contributed by atoms with E-state index in [-0.39, 0.29) is 18.6 Å². The van der Waals surface area contributed by atoms with Gasteiger partial charge in [0.25, 0.3) is 0 Å². The van der Waals surface area contributed by atoms with E-state index in [0.717, 1.165) is 22.5 Å². The molecular formula is C22H24N6O3. The van der Waals surface area contributed by atoms with Gasteiger partial charge in [-0.2, -0.15) is 4.98 Å². The summed E-state index contributed by atoms with van der Waals surface area (Å²) < 4.78 is 7.34. The summed E-state index contributed by atoms with van der Waals surface area (Å²) in [4.78, 5) is 43.6. The van der Waals surface area contributed by atoms with Crippen molar-refractivity contribution in [1.82, 2.24) is 29.4 Å². The predicted octanol–water partition coefficient (Wildman–Crippen LogP) is 1.62. The first-order chi connectivity index (χ1) is 14.9. The molecule has 0 radical (unpaired) electrons. The molecule has 1 fully saturated rings. The molecule has 9 heteroatoms. The monoisotopic (exact) mass is 420 g/mol. The van der Waals surface area contributed by atoms with E-state index in [9.17, 15) is 9.59 Å². The first-order valence-electron chi connectivity index (χ1n) is 10.1. The van der Waals surface area contributed by atoms with Crippen molar-refractivity contribution in [2.24, 2.45) is 0 Å². The number of carbonyl (C=O) groups is 1. The quantitative estimate of drug-likeness (QED) is 0.632. The third-order valence-electron chi connectivity index (χ3n) is 5.26. The van der Waals surface area contributed by atoms with Gasteiger partial charge in [0.1, 0.15) is 19.0 Å². The molecule has 1 amide bonds. The van der Waals surface area contributed by atoms with Gasteiger partial charge in [0, 0.05) is 41.6 Å². The van der Waals surface area contributed by atoms with E-state index in [4.69, 9.17) is 4.74 Å². The number of nitrogens with zero attached hydrogens (tertiary/aromatic N) is 6. The van der Waals surface area contributed by atoms with Gasteiger partial charge < -0.3 is 9.64 Å². The zero-order valence-electron chi connectivity index (χ0n) is 17.8. The third kappa shape index (κ3) is 4.66. The topological polar surface area (TPSA) is 103 Å². The van der Waals surface area contributed by atoms with Gasteiger partial charge in [-0.3, -0.25) is 14.3 Å². The Kier molecular flexibility index (Phi) is 5.85. The summed E-state index contributed by atoms with van der Waals surface area (Å²) in [6, 6.07) is 5.71. The van der Waals surface area contributed by atoms with E-state index in [2.05, 4.69) is 19.9 Å². The Labute approximate surface area is 179 Å². The fourth-order valence-electron chi connectivity index (χ4n) is 3.73. The Morgan fingerprint density at radius 1 is 1.06 bits per heavy atom. The second kappa shape index (κ2) is 8.73. The largest absolute Gasteiger partial charge is 0.368 e. The van der Waals surface area contributed by atoms with Crippen LogP contribution in [0.25, 0.3) is 11.1 Å². The first kappa shape index (κ1) is 20.8. The Balaban J connectivity index is 1.53. The molecular weight excluding hydrogens is 396 g/mol. The first-order valence-corrected chi connectivity index (χ1v) is 10.1. The predicted molar refractivity (Wildman–Crippen MR) is 113 cm³/mol. The van der Waals surface area contributed by atoms with Crippen LogP contribution in [0.4, 0.5) is 0 Å². The fraction of sp³-hybridized carbons (Fsp3) is 0.364. The van der Waals surface area contributed by atoms with Crippen LogP contribution in [0.1, 0.15) is 28.9 Å². The maximum Gasteiger partial charge on any atom is 0.348 e. The van der Waals surface area contributed by atoms with Crippen LogP contribution in [0.15, 0.2) is 41.7 Å². The van der Waals surface area contributed by atoms with Crippen molar-refractivity contribution in [2.75, 3.05) is 19.7 Å². The molecule has 0 spiro atoms. The zero-order valence-corrected chi connectivity index (χ0v) is 17.8. The number of hydrogen-bond donors (Lipinski definition) is 0. The van der Waals surface area contributed by atoms with Gasteiger partial charge in [-0.05, 0) is 44.5 Å². The molecule has 0 aliphatic carbocycles. The standard InChI is InChI=1S/C22H24N6O3/c1-14-6-16(3)28(22(30)26-14)12-21(29)27-4-5-31-20(11-27)19-8-17(7-15(2)25-19)18-9-23-13-24-10-18/h6-10,13,20H,4-5,11-12H2,1-3H3. The minimum Gasteiger partial charge on any atom is -0.368 e.